The summed E-state index contributed by atoms with van der Waals surface area (Å²) < 4.78 is 17.5. The fourth-order valence-electron chi connectivity index (χ4n) is 7.77. The minimum atomic E-state index is -0.452. The van der Waals surface area contributed by atoms with Gasteiger partial charge in [0.2, 0.25) is 0 Å². The van der Waals surface area contributed by atoms with Gasteiger partial charge in [0.1, 0.15) is 6.10 Å². The van der Waals surface area contributed by atoms with Gasteiger partial charge in [0.05, 0.1) is 0 Å². The summed E-state index contributed by atoms with van der Waals surface area (Å²) in [6.07, 6.45) is 9.52. The van der Waals surface area contributed by atoms with E-state index in [-0.39, 0.29) is 17.5 Å². The first kappa shape index (κ1) is 21.1. The Labute approximate surface area is 176 Å². The maximum absolute atomic E-state index is 11.7. The fraction of sp³-hybridized carbons (Fsp3) is 0.800. The minimum Gasteiger partial charge on any atom is -0.462 e. The number of hydrogen-bond donors (Lipinski definition) is 0. The Morgan fingerprint density at radius 1 is 1.24 bits per heavy atom. The molecule has 0 spiro atoms. The third kappa shape index (κ3) is 3.22. The first-order valence-electron chi connectivity index (χ1n) is 11.4. The third-order valence-corrected chi connectivity index (χ3v) is 9.03. The van der Waals surface area contributed by atoms with Crippen molar-refractivity contribution in [1.82, 2.24) is 0 Å². The van der Waals surface area contributed by atoms with Gasteiger partial charge in [-0.05, 0) is 61.7 Å². The van der Waals surface area contributed by atoms with Crippen LogP contribution in [-0.2, 0) is 19.0 Å². The zero-order chi connectivity index (χ0) is 21.0. The SMILES string of the molecule is C=C[C@H]1C[C@@]2(C)C(CC[C@@H]2OC(C)=O)C2C(C)CC3=C(CCC(OC)(OC)C3)C21. The van der Waals surface area contributed by atoms with E-state index < -0.39 is 5.79 Å². The minimum absolute atomic E-state index is 0.0527. The molecule has 2 fully saturated rings. The zero-order valence-electron chi connectivity index (χ0n) is 18.8. The third-order valence-electron chi connectivity index (χ3n) is 9.03. The molecule has 0 saturated heterocycles. The van der Waals surface area contributed by atoms with Gasteiger partial charge >= 0.3 is 5.97 Å². The number of fused-ring (bicyclic) bond motifs is 4. The van der Waals surface area contributed by atoms with Crippen LogP contribution in [0.5, 0.6) is 0 Å². The Bertz CT molecular complexity index is 706. The van der Waals surface area contributed by atoms with Crippen LogP contribution in [0.4, 0.5) is 0 Å². The summed E-state index contributed by atoms with van der Waals surface area (Å²) in [5.41, 5.74) is 3.30. The summed E-state index contributed by atoms with van der Waals surface area (Å²) in [6.45, 7) is 10.6. The molecule has 0 radical (unpaired) electrons. The van der Waals surface area contributed by atoms with Gasteiger partial charge in [-0.2, -0.15) is 0 Å². The van der Waals surface area contributed by atoms with E-state index in [1.165, 1.54) is 6.42 Å². The molecule has 7 atom stereocenters. The van der Waals surface area contributed by atoms with Crippen molar-refractivity contribution in [2.24, 2.45) is 35.0 Å². The van der Waals surface area contributed by atoms with Crippen LogP contribution in [0.2, 0.25) is 0 Å². The van der Waals surface area contributed by atoms with Crippen LogP contribution in [-0.4, -0.2) is 32.1 Å². The lowest BCUT2D eigenvalue weighted by Crippen LogP contribution is -2.52. The maximum atomic E-state index is 11.7. The van der Waals surface area contributed by atoms with Gasteiger partial charge in [0.15, 0.2) is 5.79 Å². The van der Waals surface area contributed by atoms with E-state index in [2.05, 4.69) is 26.5 Å². The van der Waals surface area contributed by atoms with Gasteiger partial charge in [-0.3, -0.25) is 4.79 Å². The number of carbonyl (C=O) groups excluding carboxylic acids is 1. The Balaban J connectivity index is 1.70. The highest BCUT2D eigenvalue weighted by Crippen LogP contribution is 2.65. The van der Waals surface area contributed by atoms with Crippen molar-refractivity contribution in [3.05, 3.63) is 23.8 Å². The van der Waals surface area contributed by atoms with E-state index in [4.69, 9.17) is 14.2 Å². The monoisotopic (exact) mass is 402 g/mol. The average Bonchev–Trinajstić information content (AvgIpc) is 3.01. The highest BCUT2D eigenvalue weighted by Gasteiger charge is 2.60. The summed E-state index contributed by atoms with van der Waals surface area (Å²) in [4.78, 5) is 11.7. The summed E-state index contributed by atoms with van der Waals surface area (Å²) in [7, 11) is 3.55. The van der Waals surface area contributed by atoms with Crippen molar-refractivity contribution in [2.45, 2.75) is 77.6 Å². The molecule has 162 valence electrons. The van der Waals surface area contributed by atoms with Gasteiger partial charge in [0, 0.05) is 39.4 Å². The molecule has 4 heteroatoms. The average molecular weight is 403 g/mol. The van der Waals surface area contributed by atoms with Crippen LogP contribution < -0.4 is 0 Å². The van der Waals surface area contributed by atoms with E-state index >= 15 is 0 Å². The molecule has 0 aromatic heterocycles. The lowest BCUT2D eigenvalue weighted by molar-refractivity contribution is -0.214. The predicted octanol–water partition coefficient (Wildman–Crippen LogP) is 5.28. The van der Waals surface area contributed by atoms with Crippen molar-refractivity contribution < 1.29 is 19.0 Å². The Morgan fingerprint density at radius 2 is 1.97 bits per heavy atom. The highest BCUT2D eigenvalue weighted by atomic mass is 16.7. The van der Waals surface area contributed by atoms with E-state index in [0.29, 0.717) is 29.6 Å². The number of esters is 1. The summed E-state index contributed by atoms with van der Waals surface area (Å²) in [5.74, 6) is 2.31. The van der Waals surface area contributed by atoms with Gasteiger partial charge in [-0.15, -0.1) is 6.58 Å². The van der Waals surface area contributed by atoms with Crippen molar-refractivity contribution in [2.75, 3.05) is 14.2 Å². The molecule has 0 aromatic carbocycles. The lowest BCUT2D eigenvalue weighted by atomic mass is 9.48. The highest BCUT2D eigenvalue weighted by molar-refractivity contribution is 5.66. The van der Waals surface area contributed by atoms with E-state index in [0.717, 1.165) is 38.5 Å². The number of carbonyl (C=O) groups is 1. The van der Waals surface area contributed by atoms with Gasteiger partial charge in [-0.25, -0.2) is 0 Å². The molecule has 0 heterocycles. The van der Waals surface area contributed by atoms with Crippen LogP contribution in [0.15, 0.2) is 23.8 Å². The molecule has 4 rings (SSSR count). The molecular weight excluding hydrogens is 364 g/mol. The van der Waals surface area contributed by atoms with Crippen molar-refractivity contribution in [1.29, 1.82) is 0 Å². The first-order chi connectivity index (χ1) is 13.8. The maximum Gasteiger partial charge on any atom is 0.302 e. The normalized spacial score (nSPS) is 43.2. The van der Waals surface area contributed by atoms with Gasteiger partial charge < -0.3 is 14.2 Å². The van der Waals surface area contributed by atoms with Crippen LogP contribution in [0.25, 0.3) is 0 Å². The molecule has 29 heavy (non-hydrogen) atoms. The Morgan fingerprint density at radius 3 is 2.59 bits per heavy atom. The van der Waals surface area contributed by atoms with E-state index in [1.807, 2.05) is 0 Å². The van der Waals surface area contributed by atoms with Crippen LogP contribution >= 0.6 is 0 Å². The van der Waals surface area contributed by atoms with Crippen molar-refractivity contribution in [3.8, 4) is 0 Å². The second-order valence-electron chi connectivity index (χ2n) is 10.3. The second-order valence-corrected chi connectivity index (χ2v) is 10.3. The van der Waals surface area contributed by atoms with Crippen molar-refractivity contribution >= 4 is 5.97 Å². The molecule has 2 saturated carbocycles. The van der Waals surface area contributed by atoms with E-state index in [9.17, 15) is 4.79 Å². The molecule has 0 N–H and O–H groups in total. The number of allylic oxidation sites excluding steroid dienone is 2. The smallest absolute Gasteiger partial charge is 0.302 e. The molecule has 4 aliphatic carbocycles. The molecule has 4 unspecified atom stereocenters. The summed E-state index contributed by atoms with van der Waals surface area (Å²) in [5, 5.41) is 0. The summed E-state index contributed by atoms with van der Waals surface area (Å²) >= 11 is 0. The Hall–Kier alpha value is -1.13. The molecular formula is C25H38O4. The quantitative estimate of drug-likeness (QED) is 0.364. The predicted molar refractivity (Wildman–Crippen MR) is 113 cm³/mol. The standard InChI is InChI=1S/C25H38O4/c1-7-17-13-24(4)20(8-9-21(24)29-16(3)26)22-15(2)12-18-14-25(27-5,28-6)11-10-19(18)23(17)22/h7,15,17,20-23H,1,8-14H2,2-6H3/t15?,17-,20?,21-,22?,23?,24-/m0/s1. The van der Waals surface area contributed by atoms with Gasteiger partial charge in [-0.1, -0.05) is 31.1 Å². The molecule has 0 amide bonds. The molecule has 4 aliphatic rings. The topological polar surface area (TPSA) is 44.8 Å². The lowest BCUT2D eigenvalue weighted by Gasteiger charge is -2.57. The number of ether oxygens (including phenoxy) is 3. The molecule has 0 aromatic rings. The van der Waals surface area contributed by atoms with Gasteiger partial charge in [0.25, 0.3) is 0 Å². The fourth-order valence-corrected chi connectivity index (χ4v) is 7.77. The number of rotatable bonds is 4. The number of hydrogen-bond acceptors (Lipinski definition) is 4. The Kier molecular flexibility index (Phi) is 5.48. The van der Waals surface area contributed by atoms with Crippen LogP contribution in [0, 0.1) is 35.0 Å². The molecule has 0 aliphatic heterocycles. The second kappa shape index (κ2) is 7.53. The largest absolute Gasteiger partial charge is 0.462 e. The molecule has 0 bridgehead atoms. The number of methoxy groups -OCH3 is 2. The van der Waals surface area contributed by atoms with Crippen LogP contribution in [0.1, 0.15) is 65.7 Å². The van der Waals surface area contributed by atoms with Crippen molar-refractivity contribution in [3.63, 3.8) is 0 Å². The van der Waals surface area contributed by atoms with Crippen LogP contribution in [0.3, 0.4) is 0 Å². The molecule has 4 nitrogen and oxygen atoms in total. The first-order valence-corrected chi connectivity index (χ1v) is 11.4. The van der Waals surface area contributed by atoms with E-state index in [1.54, 1.807) is 32.3 Å². The zero-order valence-corrected chi connectivity index (χ0v) is 18.8. The summed E-state index contributed by atoms with van der Waals surface area (Å²) in [6, 6.07) is 0.